The molecule has 0 amide bonds. The Morgan fingerprint density at radius 1 is 1.04 bits per heavy atom. The number of hydrogen-bond acceptors (Lipinski definition) is 7. The lowest BCUT2D eigenvalue weighted by Crippen LogP contribution is -2.60. The summed E-state index contributed by atoms with van der Waals surface area (Å²) < 4.78 is 6.27. The zero-order chi connectivity index (χ0) is 17.1. The molecule has 4 heterocycles. The van der Waals surface area contributed by atoms with Gasteiger partial charge in [-0.3, -0.25) is 4.98 Å². The van der Waals surface area contributed by atoms with Crippen molar-refractivity contribution in [2.75, 3.05) is 42.6 Å². The first-order chi connectivity index (χ1) is 12.3. The van der Waals surface area contributed by atoms with Crippen molar-refractivity contribution < 1.29 is 4.74 Å². The molecule has 1 atom stereocenters. The highest BCUT2D eigenvalue weighted by atomic mass is 16.5. The summed E-state index contributed by atoms with van der Waals surface area (Å²) in [7, 11) is 0. The van der Waals surface area contributed by atoms with Crippen molar-refractivity contribution in [1.82, 2.24) is 19.9 Å². The van der Waals surface area contributed by atoms with Crippen LogP contribution in [0.2, 0.25) is 0 Å². The van der Waals surface area contributed by atoms with Gasteiger partial charge < -0.3 is 14.5 Å². The predicted molar refractivity (Wildman–Crippen MR) is 95.8 cm³/mol. The zero-order valence-electron chi connectivity index (χ0n) is 14.6. The molecule has 0 N–H and O–H groups in total. The first kappa shape index (κ1) is 16.2. The number of piperidine rings is 1. The normalized spacial score (nSPS) is 23.9. The number of aryl methyl sites for hydroxylation is 1. The van der Waals surface area contributed by atoms with Crippen molar-refractivity contribution in [3.63, 3.8) is 0 Å². The summed E-state index contributed by atoms with van der Waals surface area (Å²) in [6, 6.07) is 0. The third kappa shape index (κ3) is 3.42. The fraction of sp³-hybridized carbons (Fsp3) is 0.556. The molecule has 2 aromatic heterocycles. The van der Waals surface area contributed by atoms with Crippen LogP contribution in [0.1, 0.15) is 25.3 Å². The Balaban J connectivity index is 1.50. The molecule has 7 nitrogen and oxygen atoms in total. The number of rotatable bonds is 3. The summed E-state index contributed by atoms with van der Waals surface area (Å²) in [4.78, 5) is 22.3. The van der Waals surface area contributed by atoms with E-state index in [4.69, 9.17) is 4.74 Å². The molecular formula is C18H24N6O. The molecule has 1 spiro atoms. The smallest absolute Gasteiger partial charge is 0.225 e. The second-order valence-electron chi connectivity index (χ2n) is 6.79. The molecule has 0 bridgehead atoms. The van der Waals surface area contributed by atoms with E-state index in [1.165, 1.54) is 5.56 Å². The summed E-state index contributed by atoms with van der Waals surface area (Å²) >= 11 is 0. The molecule has 25 heavy (non-hydrogen) atoms. The van der Waals surface area contributed by atoms with Gasteiger partial charge in [-0.05, 0) is 24.8 Å². The quantitative estimate of drug-likeness (QED) is 0.842. The van der Waals surface area contributed by atoms with Crippen LogP contribution in [-0.2, 0) is 11.2 Å². The van der Waals surface area contributed by atoms with Gasteiger partial charge in [0.25, 0.3) is 0 Å². The molecule has 2 fully saturated rings. The monoisotopic (exact) mass is 340 g/mol. The van der Waals surface area contributed by atoms with Gasteiger partial charge in [0.1, 0.15) is 11.4 Å². The minimum absolute atomic E-state index is 0.194. The Hall–Kier alpha value is -2.28. The molecule has 132 valence electrons. The standard InChI is InChI=1S/C18H24N6O/c1-2-15-10-21-17(22-11-15)24-8-9-25-18(14-24)4-3-7-23(13-18)16-12-19-5-6-20-16/h5-6,10-12H,2-4,7-9,13-14H2,1H3. The molecule has 1 unspecified atom stereocenters. The minimum Gasteiger partial charge on any atom is -0.369 e. The lowest BCUT2D eigenvalue weighted by molar-refractivity contribution is -0.0634. The summed E-state index contributed by atoms with van der Waals surface area (Å²) in [5.41, 5.74) is 0.971. The molecule has 0 radical (unpaired) electrons. The molecule has 2 aromatic rings. The van der Waals surface area contributed by atoms with Gasteiger partial charge >= 0.3 is 0 Å². The Bertz CT molecular complexity index is 690. The van der Waals surface area contributed by atoms with E-state index in [1.54, 1.807) is 12.4 Å². The van der Waals surface area contributed by atoms with Gasteiger partial charge in [-0.15, -0.1) is 0 Å². The van der Waals surface area contributed by atoms with E-state index < -0.39 is 0 Å². The second kappa shape index (κ2) is 6.92. The average Bonchev–Trinajstić information content (AvgIpc) is 2.69. The molecule has 0 saturated carbocycles. The summed E-state index contributed by atoms with van der Waals surface area (Å²) in [6.45, 7) is 6.28. The molecular weight excluding hydrogens is 316 g/mol. The highest BCUT2D eigenvalue weighted by Gasteiger charge is 2.41. The minimum atomic E-state index is -0.194. The van der Waals surface area contributed by atoms with Crippen LogP contribution in [0.4, 0.5) is 11.8 Å². The lowest BCUT2D eigenvalue weighted by atomic mass is 9.90. The largest absolute Gasteiger partial charge is 0.369 e. The van der Waals surface area contributed by atoms with E-state index in [9.17, 15) is 0 Å². The van der Waals surface area contributed by atoms with Crippen LogP contribution in [0.5, 0.6) is 0 Å². The first-order valence-corrected chi connectivity index (χ1v) is 8.99. The summed E-state index contributed by atoms with van der Waals surface area (Å²) in [5.74, 6) is 1.72. The predicted octanol–water partition coefficient (Wildman–Crippen LogP) is 1.70. The van der Waals surface area contributed by atoms with Crippen molar-refractivity contribution in [1.29, 1.82) is 0 Å². The second-order valence-corrected chi connectivity index (χ2v) is 6.79. The van der Waals surface area contributed by atoms with Gasteiger partial charge in [0.05, 0.1) is 25.9 Å². The van der Waals surface area contributed by atoms with Crippen LogP contribution in [0.3, 0.4) is 0 Å². The van der Waals surface area contributed by atoms with Crippen molar-refractivity contribution in [3.05, 3.63) is 36.5 Å². The average molecular weight is 340 g/mol. The summed E-state index contributed by atoms with van der Waals surface area (Å²) in [6.07, 6.45) is 12.2. The Labute approximate surface area is 148 Å². The molecule has 0 aliphatic carbocycles. The molecule has 2 aliphatic heterocycles. The van der Waals surface area contributed by atoms with E-state index in [0.29, 0.717) is 6.61 Å². The van der Waals surface area contributed by atoms with Gasteiger partial charge in [0.15, 0.2) is 0 Å². The molecule has 4 rings (SSSR count). The maximum atomic E-state index is 6.27. The van der Waals surface area contributed by atoms with Crippen LogP contribution in [0.15, 0.2) is 31.0 Å². The number of morpholine rings is 1. The van der Waals surface area contributed by atoms with Crippen molar-refractivity contribution in [2.45, 2.75) is 31.8 Å². The third-order valence-electron chi connectivity index (χ3n) is 5.04. The number of hydrogen-bond donors (Lipinski definition) is 0. The Morgan fingerprint density at radius 2 is 1.88 bits per heavy atom. The zero-order valence-corrected chi connectivity index (χ0v) is 14.6. The van der Waals surface area contributed by atoms with E-state index in [0.717, 1.165) is 57.2 Å². The van der Waals surface area contributed by atoms with Gasteiger partial charge in [0.2, 0.25) is 5.95 Å². The molecule has 2 saturated heterocycles. The van der Waals surface area contributed by atoms with Gasteiger partial charge in [-0.25, -0.2) is 15.0 Å². The van der Waals surface area contributed by atoms with E-state index in [1.807, 2.05) is 18.6 Å². The van der Waals surface area contributed by atoms with E-state index >= 15 is 0 Å². The van der Waals surface area contributed by atoms with Crippen molar-refractivity contribution in [2.24, 2.45) is 0 Å². The number of ether oxygens (including phenoxy) is 1. The van der Waals surface area contributed by atoms with E-state index in [2.05, 4.69) is 36.7 Å². The molecule has 0 aromatic carbocycles. The summed E-state index contributed by atoms with van der Waals surface area (Å²) in [5, 5.41) is 0. The maximum Gasteiger partial charge on any atom is 0.225 e. The topological polar surface area (TPSA) is 67.3 Å². The fourth-order valence-corrected chi connectivity index (χ4v) is 3.70. The van der Waals surface area contributed by atoms with E-state index in [-0.39, 0.29) is 5.60 Å². The lowest BCUT2D eigenvalue weighted by Gasteiger charge is -2.48. The van der Waals surface area contributed by atoms with Crippen molar-refractivity contribution >= 4 is 11.8 Å². The van der Waals surface area contributed by atoms with Crippen LogP contribution in [0.25, 0.3) is 0 Å². The Kier molecular flexibility index (Phi) is 4.48. The van der Waals surface area contributed by atoms with Gasteiger partial charge in [-0.1, -0.05) is 6.92 Å². The van der Waals surface area contributed by atoms with Crippen molar-refractivity contribution in [3.8, 4) is 0 Å². The number of anilines is 2. The first-order valence-electron chi connectivity index (χ1n) is 8.99. The Morgan fingerprint density at radius 3 is 2.64 bits per heavy atom. The van der Waals surface area contributed by atoms with Crippen LogP contribution >= 0.6 is 0 Å². The van der Waals surface area contributed by atoms with Gasteiger partial charge in [0, 0.05) is 37.9 Å². The van der Waals surface area contributed by atoms with Crippen LogP contribution in [-0.4, -0.2) is 58.3 Å². The highest BCUT2D eigenvalue weighted by molar-refractivity contribution is 5.38. The third-order valence-corrected chi connectivity index (χ3v) is 5.04. The van der Waals surface area contributed by atoms with Gasteiger partial charge in [-0.2, -0.15) is 0 Å². The SMILES string of the molecule is CCc1cnc(N2CCOC3(CCCN(c4cnccn4)C3)C2)nc1. The fourth-order valence-electron chi connectivity index (χ4n) is 3.70. The van der Waals surface area contributed by atoms with Crippen LogP contribution < -0.4 is 9.80 Å². The molecule has 7 heteroatoms. The van der Waals surface area contributed by atoms with Crippen LogP contribution in [0, 0.1) is 0 Å². The number of aromatic nitrogens is 4. The highest BCUT2D eigenvalue weighted by Crippen LogP contribution is 2.31. The molecule has 2 aliphatic rings. The number of nitrogens with zero attached hydrogens (tertiary/aromatic N) is 6. The maximum absolute atomic E-state index is 6.27.